The average Bonchev–Trinajstić information content (AvgIpc) is 2.74. The topological polar surface area (TPSA) is 131 Å². The van der Waals surface area contributed by atoms with Crippen LogP contribution in [0.5, 0.6) is 0 Å². The van der Waals surface area contributed by atoms with E-state index in [4.69, 9.17) is 0 Å². The molecule has 0 bridgehead atoms. The molecule has 0 saturated heterocycles. The molecule has 0 unspecified atom stereocenters. The van der Waals surface area contributed by atoms with E-state index in [0.29, 0.717) is 10.9 Å². The van der Waals surface area contributed by atoms with E-state index in [1.165, 1.54) is 48.9 Å². The molecule has 2 aromatic heterocycles. The SMILES string of the molecule is O=S(=O)(Nc1ncccn1)c1ccc(NS(=O)(=O)c2cccc3cccnc23)cc1. The first-order valence-electron chi connectivity index (χ1n) is 8.62. The van der Waals surface area contributed by atoms with Gasteiger partial charge in [-0.15, -0.1) is 0 Å². The lowest BCUT2D eigenvalue weighted by molar-refractivity contribution is 0.600. The van der Waals surface area contributed by atoms with E-state index in [0.717, 1.165) is 0 Å². The van der Waals surface area contributed by atoms with Gasteiger partial charge in [-0.3, -0.25) is 9.71 Å². The summed E-state index contributed by atoms with van der Waals surface area (Å²) in [6.45, 7) is 0. The maximum atomic E-state index is 12.8. The third-order valence-corrected chi connectivity index (χ3v) is 6.85. The van der Waals surface area contributed by atoms with Crippen LogP contribution >= 0.6 is 0 Å². The molecule has 11 heteroatoms. The van der Waals surface area contributed by atoms with E-state index in [2.05, 4.69) is 24.4 Å². The molecule has 152 valence electrons. The summed E-state index contributed by atoms with van der Waals surface area (Å²) < 4.78 is 55.2. The van der Waals surface area contributed by atoms with Crippen molar-refractivity contribution in [3.05, 3.63) is 79.3 Å². The minimum atomic E-state index is -3.93. The van der Waals surface area contributed by atoms with E-state index in [1.54, 1.807) is 30.3 Å². The largest absolute Gasteiger partial charge is 0.280 e. The highest BCUT2D eigenvalue weighted by Crippen LogP contribution is 2.24. The Bertz CT molecular complexity index is 1400. The Balaban J connectivity index is 1.59. The zero-order valence-corrected chi connectivity index (χ0v) is 16.9. The number of nitrogens with zero attached hydrogens (tertiary/aromatic N) is 3. The zero-order chi connectivity index (χ0) is 21.2. The molecule has 0 fully saturated rings. The number of hydrogen-bond acceptors (Lipinski definition) is 7. The molecule has 0 aliphatic rings. The van der Waals surface area contributed by atoms with Crippen LogP contribution in [0, 0.1) is 0 Å². The molecular weight excluding hydrogens is 426 g/mol. The minimum Gasteiger partial charge on any atom is -0.280 e. The first kappa shape index (κ1) is 19.7. The number of rotatable bonds is 6. The molecule has 0 atom stereocenters. The van der Waals surface area contributed by atoms with Gasteiger partial charge in [0.15, 0.2) is 0 Å². The highest BCUT2D eigenvalue weighted by atomic mass is 32.2. The molecule has 2 N–H and O–H groups in total. The second kappa shape index (κ2) is 7.69. The molecule has 2 aromatic carbocycles. The Hall–Kier alpha value is -3.57. The van der Waals surface area contributed by atoms with Crippen LogP contribution in [-0.4, -0.2) is 31.8 Å². The highest BCUT2D eigenvalue weighted by molar-refractivity contribution is 7.93. The number of pyridine rings is 1. The van der Waals surface area contributed by atoms with Crippen molar-refractivity contribution in [2.45, 2.75) is 9.79 Å². The summed E-state index contributed by atoms with van der Waals surface area (Å²) in [5.41, 5.74) is 0.552. The summed E-state index contributed by atoms with van der Waals surface area (Å²) in [6.07, 6.45) is 4.33. The van der Waals surface area contributed by atoms with Crippen molar-refractivity contribution in [2.75, 3.05) is 9.44 Å². The van der Waals surface area contributed by atoms with Crippen LogP contribution in [0.3, 0.4) is 0 Å². The van der Waals surface area contributed by atoms with Crippen LogP contribution in [0.15, 0.2) is 89.0 Å². The summed E-state index contributed by atoms with van der Waals surface area (Å²) in [5, 5.41) is 0.691. The fourth-order valence-corrected chi connectivity index (χ4v) is 4.93. The number of para-hydroxylation sites is 1. The molecule has 9 nitrogen and oxygen atoms in total. The molecule has 30 heavy (non-hydrogen) atoms. The fourth-order valence-electron chi connectivity index (χ4n) is 2.74. The second-order valence-corrected chi connectivity index (χ2v) is 9.47. The van der Waals surface area contributed by atoms with E-state index in [9.17, 15) is 16.8 Å². The number of aromatic nitrogens is 3. The van der Waals surface area contributed by atoms with Gasteiger partial charge in [-0.1, -0.05) is 18.2 Å². The van der Waals surface area contributed by atoms with E-state index >= 15 is 0 Å². The maximum Gasteiger partial charge on any atom is 0.264 e. The zero-order valence-electron chi connectivity index (χ0n) is 15.3. The first-order chi connectivity index (χ1) is 14.4. The van der Waals surface area contributed by atoms with Crippen molar-refractivity contribution < 1.29 is 16.8 Å². The second-order valence-electron chi connectivity index (χ2n) is 6.14. The van der Waals surface area contributed by atoms with Gasteiger partial charge in [0.05, 0.1) is 10.4 Å². The van der Waals surface area contributed by atoms with Crippen molar-refractivity contribution in [2.24, 2.45) is 0 Å². The van der Waals surface area contributed by atoms with Crippen molar-refractivity contribution >= 4 is 42.6 Å². The highest BCUT2D eigenvalue weighted by Gasteiger charge is 2.20. The lowest BCUT2D eigenvalue weighted by Gasteiger charge is -2.11. The standard InChI is InChI=1S/C19H15N5O4S2/c25-29(26,24-19-21-12-3-13-22-19)16-9-7-15(8-10-16)23-30(27,28)17-6-1-4-14-5-2-11-20-18(14)17/h1-13,23H,(H,21,22,24). The third kappa shape index (κ3) is 4.07. The smallest absolute Gasteiger partial charge is 0.264 e. The number of benzene rings is 2. The molecular formula is C19H15N5O4S2. The monoisotopic (exact) mass is 441 g/mol. The Morgan fingerprint density at radius 2 is 1.30 bits per heavy atom. The number of fused-ring (bicyclic) bond motifs is 1. The van der Waals surface area contributed by atoms with Crippen LogP contribution in [0.2, 0.25) is 0 Å². The Morgan fingerprint density at radius 1 is 0.633 bits per heavy atom. The normalized spacial score (nSPS) is 11.9. The molecule has 2 heterocycles. The molecule has 0 aliphatic heterocycles. The summed E-state index contributed by atoms with van der Waals surface area (Å²) >= 11 is 0. The van der Waals surface area contributed by atoms with E-state index < -0.39 is 20.0 Å². The van der Waals surface area contributed by atoms with Crippen LogP contribution in [-0.2, 0) is 20.0 Å². The van der Waals surface area contributed by atoms with Gasteiger partial charge in [0.25, 0.3) is 20.0 Å². The van der Waals surface area contributed by atoms with Crippen LogP contribution in [0.1, 0.15) is 0 Å². The van der Waals surface area contributed by atoms with Crippen LogP contribution in [0.4, 0.5) is 11.6 Å². The van der Waals surface area contributed by atoms with E-state index in [-0.39, 0.29) is 21.4 Å². The predicted molar refractivity (Wildman–Crippen MR) is 112 cm³/mol. The van der Waals surface area contributed by atoms with Crippen molar-refractivity contribution in [1.29, 1.82) is 0 Å². The summed E-state index contributed by atoms with van der Waals surface area (Å²) in [6, 6.07) is 15.2. The van der Waals surface area contributed by atoms with Crippen molar-refractivity contribution in [3.8, 4) is 0 Å². The lowest BCUT2D eigenvalue weighted by atomic mass is 10.2. The molecule has 4 aromatic rings. The molecule has 0 amide bonds. The van der Waals surface area contributed by atoms with Gasteiger partial charge < -0.3 is 0 Å². The quantitative estimate of drug-likeness (QED) is 0.470. The minimum absolute atomic E-state index is 0.0280. The first-order valence-corrected chi connectivity index (χ1v) is 11.6. The molecule has 0 saturated carbocycles. The Labute approximate surface area is 173 Å². The van der Waals surface area contributed by atoms with Crippen LogP contribution in [0.25, 0.3) is 10.9 Å². The summed E-state index contributed by atoms with van der Waals surface area (Å²) in [4.78, 5) is 11.7. The Kier molecular flexibility index (Phi) is 5.06. The average molecular weight is 441 g/mol. The lowest BCUT2D eigenvalue weighted by Crippen LogP contribution is -2.16. The fraction of sp³-hybridized carbons (Fsp3) is 0. The van der Waals surface area contributed by atoms with Crippen LogP contribution < -0.4 is 9.44 Å². The number of sulfonamides is 2. The van der Waals surface area contributed by atoms with Gasteiger partial charge in [-0.25, -0.2) is 31.5 Å². The van der Waals surface area contributed by atoms with Crippen molar-refractivity contribution in [1.82, 2.24) is 15.0 Å². The summed E-state index contributed by atoms with van der Waals surface area (Å²) in [5.74, 6) is -0.0641. The van der Waals surface area contributed by atoms with Gasteiger partial charge >= 0.3 is 0 Å². The van der Waals surface area contributed by atoms with Gasteiger partial charge in [0.2, 0.25) is 5.95 Å². The van der Waals surface area contributed by atoms with E-state index in [1.807, 2.05) is 0 Å². The number of anilines is 2. The Morgan fingerprint density at radius 3 is 2.03 bits per heavy atom. The van der Waals surface area contributed by atoms with Gasteiger partial charge in [0, 0.05) is 29.7 Å². The van der Waals surface area contributed by atoms with Gasteiger partial charge in [-0.05, 0) is 42.5 Å². The van der Waals surface area contributed by atoms with Gasteiger partial charge in [-0.2, -0.15) is 0 Å². The molecule has 4 rings (SSSR count). The maximum absolute atomic E-state index is 12.8. The molecule has 0 aliphatic carbocycles. The summed E-state index contributed by atoms with van der Waals surface area (Å²) in [7, 11) is -7.85. The molecule has 0 spiro atoms. The predicted octanol–water partition coefficient (Wildman–Crippen LogP) is 2.63. The third-order valence-electron chi connectivity index (χ3n) is 4.09. The van der Waals surface area contributed by atoms with Gasteiger partial charge in [0.1, 0.15) is 4.90 Å². The molecule has 0 radical (unpaired) electrons. The number of nitrogens with one attached hydrogen (secondary N) is 2. The van der Waals surface area contributed by atoms with Crippen molar-refractivity contribution in [3.63, 3.8) is 0 Å². The number of hydrogen-bond donors (Lipinski definition) is 2.